The molecule has 0 aromatic carbocycles. The van der Waals surface area contributed by atoms with E-state index in [1.165, 1.54) is 6.33 Å². The molecule has 0 atom stereocenters. The van der Waals surface area contributed by atoms with Gasteiger partial charge in [-0.15, -0.1) is 0 Å². The molecule has 2 heterocycles. The van der Waals surface area contributed by atoms with Gasteiger partial charge in [0, 0.05) is 38.7 Å². The van der Waals surface area contributed by atoms with Gasteiger partial charge in [0.2, 0.25) is 5.91 Å². The standard InChI is InChI=1S/C13H21N5O2/c1-2-14-11-9-12(17-10-16-11)15-4-3-13(19)18-5-7-20-8-6-18/h9-10H,2-8H2,1H3,(H2,14,15,16,17). The summed E-state index contributed by atoms with van der Waals surface area (Å²) < 4.78 is 5.23. The maximum atomic E-state index is 11.9. The lowest BCUT2D eigenvalue weighted by Gasteiger charge is -2.26. The van der Waals surface area contributed by atoms with Gasteiger partial charge < -0.3 is 20.3 Å². The van der Waals surface area contributed by atoms with Gasteiger partial charge in [0.15, 0.2) is 0 Å². The largest absolute Gasteiger partial charge is 0.378 e. The Morgan fingerprint density at radius 2 is 2.00 bits per heavy atom. The summed E-state index contributed by atoms with van der Waals surface area (Å²) in [6.45, 7) is 6.04. The van der Waals surface area contributed by atoms with Crippen molar-refractivity contribution in [3.63, 3.8) is 0 Å². The molecule has 0 unspecified atom stereocenters. The quantitative estimate of drug-likeness (QED) is 0.792. The number of aromatic nitrogens is 2. The Morgan fingerprint density at radius 3 is 2.70 bits per heavy atom. The van der Waals surface area contributed by atoms with Gasteiger partial charge >= 0.3 is 0 Å². The number of carbonyl (C=O) groups excluding carboxylic acids is 1. The van der Waals surface area contributed by atoms with Gasteiger partial charge in [-0.2, -0.15) is 0 Å². The van der Waals surface area contributed by atoms with Gasteiger partial charge in [0.25, 0.3) is 0 Å². The third-order valence-corrected chi connectivity index (χ3v) is 3.03. The molecule has 0 aliphatic carbocycles. The first-order valence-corrected chi connectivity index (χ1v) is 6.95. The van der Waals surface area contributed by atoms with Crippen LogP contribution in [0.5, 0.6) is 0 Å². The van der Waals surface area contributed by atoms with E-state index in [2.05, 4.69) is 20.6 Å². The average molecular weight is 279 g/mol. The second-order valence-corrected chi connectivity index (χ2v) is 4.49. The van der Waals surface area contributed by atoms with E-state index in [-0.39, 0.29) is 5.91 Å². The molecule has 0 spiro atoms. The fourth-order valence-corrected chi connectivity index (χ4v) is 2.00. The molecule has 2 N–H and O–H groups in total. The molecule has 7 heteroatoms. The van der Waals surface area contributed by atoms with Crippen LogP contribution in [0.3, 0.4) is 0 Å². The van der Waals surface area contributed by atoms with Gasteiger partial charge in [-0.05, 0) is 6.92 Å². The number of anilines is 2. The number of rotatable bonds is 6. The van der Waals surface area contributed by atoms with E-state index in [1.54, 1.807) is 0 Å². The lowest BCUT2D eigenvalue weighted by molar-refractivity contribution is -0.134. The predicted octanol–water partition coefficient (Wildman–Crippen LogP) is 0.569. The Hall–Kier alpha value is -1.89. The molecule has 0 saturated carbocycles. The van der Waals surface area contributed by atoms with Crippen LogP contribution in [0.2, 0.25) is 0 Å². The van der Waals surface area contributed by atoms with Crippen molar-refractivity contribution in [2.45, 2.75) is 13.3 Å². The van der Waals surface area contributed by atoms with Crippen LogP contribution in [0.25, 0.3) is 0 Å². The van der Waals surface area contributed by atoms with Crippen LogP contribution >= 0.6 is 0 Å². The fraction of sp³-hybridized carbons (Fsp3) is 0.615. The second-order valence-electron chi connectivity index (χ2n) is 4.49. The van der Waals surface area contributed by atoms with Crippen LogP contribution in [0.15, 0.2) is 12.4 Å². The van der Waals surface area contributed by atoms with Gasteiger partial charge in [0.05, 0.1) is 13.2 Å². The number of amides is 1. The molecule has 0 bridgehead atoms. The molecule has 7 nitrogen and oxygen atoms in total. The van der Waals surface area contributed by atoms with E-state index >= 15 is 0 Å². The molecule has 1 aliphatic heterocycles. The van der Waals surface area contributed by atoms with E-state index in [0.29, 0.717) is 39.3 Å². The number of nitrogens with zero attached hydrogens (tertiary/aromatic N) is 3. The molecule has 1 fully saturated rings. The zero-order valence-electron chi connectivity index (χ0n) is 11.8. The smallest absolute Gasteiger partial charge is 0.224 e. The first kappa shape index (κ1) is 14.5. The highest BCUT2D eigenvalue weighted by Crippen LogP contribution is 2.08. The lowest BCUT2D eigenvalue weighted by atomic mass is 10.3. The highest BCUT2D eigenvalue weighted by molar-refractivity contribution is 5.76. The van der Waals surface area contributed by atoms with E-state index < -0.39 is 0 Å². The van der Waals surface area contributed by atoms with Crippen LogP contribution in [-0.4, -0.2) is 60.2 Å². The highest BCUT2D eigenvalue weighted by Gasteiger charge is 2.15. The molecule has 1 aliphatic rings. The molecular formula is C13H21N5O2. The summed E-state index contributed by atoms with van der Waals surface area (Å²) in [4.78, 5) is 22.0. The number of hydrogen-bond donors (Lipinski definition) is 2. The lowest BCUT2D eigenvalue weighted by Crippen LogP contribution is -2.41. The van der Waals surface area contributed by atoms with Gasteiger partial charge in [0.1, 0.15) is 18.0 Å². The van der Waals surface area contributed by atoms with Crippen LogP contribution in [0.4, 0.5) is 11.6 Å². The summed E-state index contributed by atoms with van der Waals surface area (Å²) in [6.07, 6.45) is 1.96. The summed E-state index contributed by atoms with van der Waals surface area (Å²) in [5, 5.41) is 6.26. The minimum Gasteiger partial charge on any atom is -0.378 e. The molecule has 1 aromatic heterocycles. The van der Waals surface area contributed by atoms with Crippen LogP contribution < -0.4 is 10.6 Å². The Balaban J connectivity index is 1.74. The van der Waals surface area contributed by atoms with Crippen molar-refractivity contribution in [3.05, 3.63) is 12.4 Å². The summed E-state index contributed by atoms with van der Waals surface area (Å²) in [7, 11) is 0. The van der Waals surface area contributed by atoms with Gasteiger partial charge in [-0.25, -0.2) is 9.97 Å². The zero-order valence-corrected chi connectivity index (χ0v) is 11.8. The van der Waals surface area contributed by atoms with Gasteiger partial charge in [-0.1, -0.05) is 0 Å². The maximum Gasteiger partial charge on any atom is 0.224 e. The Morgan fingerprint density at radius 1 is 1.30 bits per heavy atom. The molecule has 0 radical (unpaired) electrons. The van der Waals surface area contributed by atoms with Crippen molar-refractivity contribution in [2.75, 3.05) is 50.0 Å². The van der Waals surface area contributed by atoms with Crippen molar-refractivity contribution < 1.29 is 9.53 Å². The van der Waals surface area contributed by atoms with Crippen molar-refractivity contribution in [1.29, 1.82) is 0 Å². The third-order valence-electron chi connectivity index (χ3n) is 3.03. The minimum atomic E-state index is 0.154. The molecular weight excluding hydrogens is 258 g/mol. The first-order chi connectivity index (χ1) is 9.79. The first-order valence-electron chi connectivity index (χ1n) is 6.95. The second kappa shape index (κ2) is 7.64. The fourth-order valence-electron chi connectivity index (χ4n) is 2.00. The van der Waals surface area contributed by atoms with Crippen LogP contribution in [0, 0.1) is 0 Å². The van der Waals surface area contributed by atoms with Crippen molar-refractivity contribution in [3.8, 4) is 0 Å². The number of hydrogen-bond acceptors (Lipinski definition) is 6. The van der Waals surface area contributed by atoms with Crippen molar-refractivity contribution in [1.82, 2.24) is 14.9 Å². The molecule has 2 rings (SSSR count). The number of morpholine rings is 1. The minimum absolute atomic E-state index is 0.154. The van der Waals surface area contributed by atoms with E-state index in [0.717, 1.165) is 18.2 Å². The summed E-state index contributed by atoms with van der Waals surface area (Å²) >= 11 is 0. The summed E-state index contributed by atoms with van der Waals surface area (Å²) in [5.41, 5.74) is 0. The van der Waals surface area contributed by atoms with Crippen molar-refractivity contribution in [2.24, 2.45) is 0 Å². The molecule has 1 amide bonds. The SMILES string of the molecule is CCNc1cc(NCCC(=O)N2CCOCC2)ncn1. The van der Waals surface area contributed by atoms with Gasteiger partial charge in [-0.3, -0.25) is 4.79 Å². The summed E-state index contributed by atoms with van der Waals surface area (Å²) in [6, 6.07) is 1.84. The molecule has 1 aromatic rings. The normalized spacial score (nSPS) is 14.9. The number of carbonyl (C=O) groups is 1. The Bertz CT molecular complexity index is 435. The third kappa shape index (κ3) is 4.34. The predicted molar refractivity (Wildman–Crippen MR) is 76.7 cm³/mol. The van der Waals surface area contributed by atoms with Crippen LogP contribution in [0.1, 0.15) is 13.3 Å². The number of nitrogens with one attached hydrogen (secondary N) is 2. The van der Waals surface area contributed by atoms with Crippen LogP contribution in [-0.2, 0) is 9.53 Å². The highest BCUT2D eigenvalue weighted by atomic mass is 16.5. The Kier molecular flexibility index (Phi) is 5.55. The van der Waals surface area contributed by atoms with E-state index in [4.69, 9.17) is 4.74 Å². The Labute approximate surface area is 118 Å². The van der Waals surface area contributed by atoms with E-state index in [1.807, 2.05) is 17.9 Å². The van der Waals surface area contributed by atoms with Crippen molar-refractivity contribution >= 4 is 17.5 Å². The molecule has 20 heavy (non-hydrogen) atoms. The average Bonchev–Trinajstić information content (AvgIpc) is 2.49. The number of ether oxygens (including phenoxy) is 1. The maximum absolute atomic E-state index is 11.9. The van der Waals surface area contributed by atoms with E-state index in [9.17, 15) is 4.79 Å². The molecule has 110 valence electrons. The molecule has 1 saturated heterocycles. The monoisotopic (exact) mass is 279 g/mol. The topological polar surface area (TPSA) is 79.4 Å². The zero-order chi connectivity index (χ0) is 14.2. The summed E-state index contributed by atoms with van der Waals surface area (Å²) in [5.74, 6) is 1.66.